The van der Waals surface area contributed by atoms with Crippen molar-refractivity contribution in [2.24, 2.45) is 0 Å². The molecule has 5 heteroatoms. The molecule has 1 aromatic heterocycles. The van der Waals surface area contributed by atoms with Gasteiger partial charge in [0.15, 0.2) is 0 Å². The number of urea groups is 1. The third kappa shape index (κ3) is 4.49. The Morgan fingerprint density at radius 3 is 2.25 bits per heavy atom. The Kier molecular flexibility index (Phi) is 5.94. The predicted molar refractivity (Wildman–Crippen MR) is 112 cm³/mol. The van der Waals surface area contributed by atoms with E-state index >= 15 is 0 Å². The Hall–Kier alpha value is -3.34. The highest BCUT2D eigenvalue weighted by molar-refractivity contribution is 6.07. The number of benzene rings is 2. The van der Waals surface area contributed by atoms with Gasteiger partial charge in [-0.15, -0.1) is 0 Å². The van der Waals surface area contributed by atoms with Gasteiger partial charge in [-0.05, 0) is 31.2 Å². The average molecular weight is 375 g/mol. The zero-order valence-corrected chi connectivity index (χ0v) is 16.5. The summed E-state index contributed by atoms with van der Waals surface area (Å²) in [6, 6.07) is 20.7. The summed E-state index contributed by atoms with van der Waals surface area (Å²) in [5.74, 6) is -0.0282. The second-order valence-electron chi connectivity index (χ2n) is 6.94. The molecule has 3 aromatic rings. The van der Waals surface area contributed by atoms with Crippen LogP contribution in [0.3, 0.4) is 0 Å². The Morgan fingerprint density at radius 1 is 0.893 bits per heavy atom. The number of para-hydroxylation sites is 1. The molecule has 1 heterocycles. The zero-order chi connectivity index (χ0) is 20.1. The number of rotatable bonds is 6. The first kappa shape index (κ1) is 19.4. The first-order valence-electron chi connectivity index (χ1n) is 9.29. The molecule has 0 aliphatic heterocycles. The van der Waals surface area contributed by atoms with E-state index < -0.39 is 0 Å². The number of aromatic amines is 1. The number of hydrogen-bond donors (Lipinski definition) is 1. The number of likely N-dealkylation sites (N-methyl/N-ethyl adjacent to an activating group) is 1. The first-order valence-corrected chi connectivity index (χ1v) is 9.29. The van der Waals surface area contributed by atoms with Gasteiger partial charge in [0.05, 0.1) is 5.69 Å². The summed E-state index contributed by atoms with van der Waals surface area (Å²) >= 11 is 0. The normalized spacial score (nSPS) is 10.5. The number of aromatic nitrogens is 1. The maximum atomic E-state index is 12.6. The average Bonchev–Trinajstić information content (AvgIpc) is 3.20. The standard InChI is InChI=1S/C23H25N3O2/c1-17-9-11-18(12-10-17)22(27)21-14-13-19(24-21)15-16-25(2)23(28)26(3)20-7-5-4-6-8-20/h4-14,24H,15-16H2,1-3H3. The van der Waals surface area contributed by atoms with E-state index in [0.717, 1.165) is 16.9 Å². The number of nitrogens with zero attached hydrogens (tertiary/aromatic N) is 2. The third-order valence-electron chi connectivity index (χ3n) is 4.78. The molecule has 5 nitrogen and oxygen atoms in total. The largest absolute Gasteiger partial charge is 0.356 e. The summed E-state index contributed by atoms with van der Waals surface area (Å²) < 4.78 is 0. The third-order valence-corrected chi connectivity index (χ3v) is 4.78. The summed E-state index contributed by atoms with van der Waals surface area (Å²) in [6.07, 6.45) is 0.645. The molecule has 0 radical (unpaired) electrons. The van der Waals surface area contributed by atoms with Crippen LogP contribution in [0.2, 0.25) is 0 Å². The molecule has 0 saturated heterocycles. The van der Waals surface area contributed by atoms with Gasteiger partial charge in [0, 0.05) is 44.0 Å². The van der Waals surface area contributed by atoms with Gasteiger partial charge in [-0.2, -0.15) is 0 Å². The number of anilines is 1. The molecule has 144 valence electrons. The van der Waals surface area contributed by atoms with E-state index in [1.54, 1.807) is 30.0 Å². The molecule has 2 aromatic carbocycles. The quantitative estimate of drug-likeness (QED) is 0.654. The Bertz CT molecular complexity index is 945. The molecule has 0 bridgehead atoms. The lowest BCUT2D eigenvalue weighted by Gasteiger charge is -2.24. The van der Waals surface area contributed by atoms with Crippen molar-refractivity contribution in [1.82, 2.24) is 9.88 Å². The fourth-order valence-electron chi connectivity index (χ4n) is 2.98. The van der Waals surface area contributed by atoms with Crippen LogP contribution in [0.1, 0.15) is 27.3 Å². The molecule has 28 heavy (non-hydrogen) atoms. The lowest BCUT2D eigenvalue weighted by molar-refractivity contribution is 0.103. The molecule has 0 saturated carbocycles. The molecule has 3 rings (SSSR count). The van der Waals surface area contributed by atoms with Crippen LogP contribution < -0.4 is 4.90 Å². The van der Waals surface area contributed by atoms with Crippen molar-refractivity contribution >= 4 is 17.5 Å². The minimum Gasteiger partial charge on any atom is -0.356 e. The van der Waals surface area contributed by atoms with Crippen molar-refractivity contribution in [1.29, 1.82) is 0 Å². The molecule has 2 amide bonds. The molecule has 0 aliphatic rings. The van der Waals surface area contributed by atoms with E-state index in [2.05, 4.69) is 4.98 Å². The number of nitrogens with one attached hydrogen (secondary N) is 1. The predicted octanol–water partition coefficient (Wildman–Crippen LogP) is 4.28. The van der Waals surface area contributed by atoms with Crippen molar-refractivity contribution in [3.05, 3.63) is 89.2 Å². The van der Waals surface area contributed by atoms with Crippen LogP contribution in [0.15, 0.2) is 66.7 Å². The molecule has 0 atom stereocenters. The minimum absolute atomic E-state index is 0.0282. The summed E-state index contributed by atoms with van der Waals surface area (Å²) in [6.45, 7) is 2.54. The van der Waals surface area contributed by atoms with Gasteiger partial charge in [-0.1, -0.05) is 48.0 Å². The fraction of sp³-hybridized carbons (Fsp3) is 0.217. The van der Waals surface area contributed by atoms with Crippen LogP contribution in [0.25, 0.3) is 0 Å². The molecule has 0 spiro atoms. The van der Waals surface area contributed by atoms with Gasteiger partial charge in [-0.3, -0.25) is 9.69 Å². The van der Waals surface area contributed by atoms with Gasteiger partial charge in [0.1, 0.15) is 0 Å². The van der Waals surface area contributed by atoms with E-state index in [0.29, 0.717) is 24.2 Å². The van der Waals surface area contributed by atoms with Crippen LogP contribution in [-0.4, -0.2) is 42.3 Å². The van der Waals surface area contributed by atoms with Crippen LogP contribution in [0.4, 0.5) is 10.5 Å². The first-order chi connectivity index (χ1) is 13.5. The van der Waals surface area contributed by atoms with Crippen LogP contribution in [0.5, 0.6) is 0 Å². The highest BCUT2D eigenvalue weighted by Crippen LogP contribution is 2.14. The van der Waals surface area contributed by atoms with Crippen molar-refractivity contribution in [2.75, 3.05) is 25.5 Å². The van der Waals surface area contributed by atoms with E-state index in [4.69, 9.17) is 0 Å². The smallest absolute Gasteiger partial charge is 0.323 e. The number of H-pyrrole nitrogens is 1. The number of hydrogen-bond acceptors (Lipinski definition) is 2. The second-order valence-corrected chi connectivity index (χ2v) is 6.94. The van der Waals surface area contributed by atoms with Gasteiger partial charge >= 0.3 is 6.03 Å². The number of aryl methyl sites for hydroxylation is 1. The van der Waals surface area contributed by atoms with Crippen LogP contribution in [0, 0.1) is 6.92 Å². The van der Waals surface area contributed by atoms with E-state index in [1.165, 1.54) is 0 Å². The van der Waals surface area contributed by atoms with Crippen molar-refractivity contribution in [3.8, 4) is 0 Å². The molecule has 0 unspecified atom stereocenters. The maximum absolute atomic E-state index is 12.6. The lowest BCUT2D eigenvalue weighted by atomic mass is 10.1. The molecule has 0 aliphatic carbocycles. The van der Waals surface area contributed by atoms with Gasteiger partial charge < -0.3 is 9.88 Å². The minimum atomic E-state index is -0.0753. The van der Waals surface area contributed by atoms with E-state index in [1.807, 2.05) is 67.6 Å². The summed E-state index contributed by atoms with van der Waals surface area (Å²) in [5, 5.41) is 0. The van der Waals surface area contributed by atoms with Crippen LogP contribution in [-0.2, 0) is 6.42 Å². The van der Waals surface area contributed by atoms with E-state index in [-0.39, 0.29) is 11.8 Å². The topological polar surface area (TPSA) is 56.4 Å². The summed E-state index contributed by atoms with van der Waals surface area (Å²) in [7, 11) is 3.55. The van der Waals surface area contributed by atoms with E-state index in [9.17, 15) is 9.59 Å². The lowest BCUT2D eigenvalue weighted by Crippen LogP contribution is -2.39. The number of carbonyl (C=O) groups excluding carboxylic acids is 2. The highest BCUT2D eigenvalue weighted by Gasteiger charge is 2.16. The second kappa shape index (κ2) is 8.57. The Morgan fingerprint density at radius 2 is 1.57 bits per heavy atom. The summed E-state index contributed by atoms with van der Waals surface area (Å²) in [5.41, 5.74) is 4.13. The molecular weight excluding hydrogens is 350 g/mol. The monoisotopic (exact) mass is 375 g/mol. The maximum Gasteiger partial charge on any atom is 0.323 e. The fourth-order valence-corrected chi connectivity index (χ4v) is 2.98. The Balaban J connectivity index is 1.58. The van der Waals surface area contributed by atoms with Crippen molar-refractivity contribution in [3.63, 3.8) is 0 Å². The van der Waals surface area contributed by atoms with Crippen molar-refractivity contribution in [2.45, 2.75) is 13.3 Å². The molecular formula is C23H25N3O2. The highest BCUT2D eigenvalue weighted by atomic mass is 16.2. The van der Waals surface area contributed by atoms with Gasteiger partial charge in [0.25, 0.3) is 0 Å². The number of ketones is 1. The summed E-state index contributed by atoms with van der Waals surface area (Å²) in [4.78, 5) is 31.6. The van der Waals surface area contributed by atoms with Gasteiger partial charge in [0.2, 0.25) is 5.78 Å². The number of carbonyl (C=O) groups is 2. The Labute approximate surface area is 165 Å². The van der Waals surface area contributed by atoms with Crippen LogP contribution >= 0.6 is 0 Å². The zero-order valence-electron chi connectivity index (χ0n) is 16.5. The van der Waals surface area contributed by atoms with Crippen molar-refractivity contribution < 1.29 is 9.59 Å². The SMILES string of the molecule is Cc1ccc(C(=O)c2ccc(CCN(C)C(=O)N(C)c3ccccc3)[nH]2)cc1. The van der Waals surface area contributed by atoms with Gasteiger partial charge in [-0.25, -0.2) is 4.79 Å². The molecule has 1 N–H and O–H groups in total. The molecule has 0 fully saturated rings. The number of amides is 2.